The fraction of sp³-hybridized carbons (Fsp3) is 0.579. The van der Waals surface area contributed by atoms with E-state index in [1.807, 2.05) is 0 Å². The third kappa shape index (κ3) is 5.25. The number of amides is 3. The Bertz CT molecular complexity index is 575. The van der Waals surface area contributed by atoms with Crippen molar-refractivity contribution in [2.24, 2.45) is 0 Å². The summed E-state index contributed by atoms with van der Waals surface area (Å²) >= 11 is 0. The number of nitrogens with one attached hydrogen (secondary N) is 2. The molecule has 1 aromatic carbocycles. The van der Waals surface area contributed by atoms with E-state index in [2.05, 4.69) is 55.7 Å². The molecule has 1 fully saturated rings. The summed E-state index contributed by atoms with van der Waals surface area (Å²) in [6.07, 6.45) is 1.84. The number of likely N-dealkylation sites (tertiary alicyclic amines) is 1. The first kappa shape index (κ1) is 18.3. The molecule has 0 saturated carbocycles. The van der Waals surface area contributed by atoms with E-state index in [4.69, 9.17) is 0 Å². The minimum Gasteiger partial charge on any atom is -0.352 e. The molecular formula is C19H29N3O2. The van der Waals surface area contributed by atoms with Crippen molar-refractivity contribution in [2.75, 3.05) is 13.1 Å². The topological polar surface area (TPSA) is 61.4 Å². The Labute approximate surface area is 144 Å². The molecule has 5 nitrogen and oxygen atoms in total. The molecule has 1 aromatic rings. The molecule has 0 spiro atoms. The quantitative estimate of drug-likeness (QED) is 0.895. The van der Waals surface area contributed by atoms with Gasteiger partial charge < -0.3 is 15.5 Å². The van der Waals surface area contributed by atoms with Crippen LogP contribution in [-0.4, -0.2) is 36.0 Å². The van der Waals surface area contributed by atoms with Gasteiger partial charge in [0.1, 0.15) is 0 Å². The van der Waals surface area contributed by atoms with E-state index >= 15 is 0 Å². The van der Waals surface area contributed by atoms with E-state index in [0.717, 1.165) is 24.9 Å². The summed E-state index contributed by atoms with van der Waals surface area (Å²) in [5, 5.41) is 5.88. The number of urea groups is 1. The van der Waals surface area contributed by atoms with Crippen LogP contribution in [0, 0.1) is 0 Å². The van der Waals surface area contributed by atoms with E-state index in [1.165, 1.54) is 12.5 Å². The van der Waals surface area contributed by atoms with Crippen LogP contribution >= 0.6 is 0 Å². The van der Waals surface area contributed by atoms with Gasteiger partial charge in [-0.2, -0.15) is 0 Å². The SMILES string of the molecule is CC(=O)N[C@H]1CCCN(C(=O)NCc2ccc(C(C)(C)C)cc2)C1. The average molecular weight is 331 g/mol. The third-order valence-corrected chi connectivity index (χ3v) is 4.38. The highest BCUT2D eigenvalue weighted by atomic mass is 16.2. The number of nitrogens with zero attached hydrogens (tertiary/aromatic N) is 1. The molecule has 2 N–H and O–H groups in total. The van der Waals surface area contributed by atoms with E-state index < -0.39 is 0 Å². The number of benzene rings is 1. The average Bonchev–Trinajstić information content (AvgIpc) is 2.52. The van der Waals surface area contributed by atoms with Crippen molar-refractivity contribution < 1.29 is 9.59 Å². The minimum absolute atomic E-state index is 0.0406. The molecule has 5 heteroatoms. The zero-order chi connectivity index (χ0) is 17.7. The molecule has 1 aliphatic heterocycles. The predicted molar refractivity (Wildman–Crippen MR) is 95.8 cm³/mol. The monoisotopic (exact) mass is 331 g/mol. The van der Waals surface area contributed by atoms with Crippen LogP contribution in [0.15, 0.2) is 24.3 Å². The molecule has 3 amide bonds. The summed E-state index contributed by atoms with van der Waals surface area (Å²) in [4.78, 5) is 25.3. The van der Waals surface area contributed by atoms with Crippen LogP contribution in [0.5, 0.6) is 0 Å². The normalized spacial score (nSPS) is 18.2. The number of carbonyl (C=O) groups excluding carboxylic acids is 2. The molecule has 1 aliphatic rings. The van der Waals surface area contributed by atoms with Gasteiger partial charge in [-0.1, -0.05) is 45.0 Å². The maximum atomic E-state index is 12.3. The molecule has 2 rings (SSSR count). The molecule has 24 heavy (non-hydrogen) atoms. The van der Waals surface area contributed by atoms with Crippen molar-refractivity contribution >= 4 is 11.9 Å². The van der Waals surface area contributed by atoms with Crippen molar-refractivity contribution in [3.8, 4) is 0 Å². The number of hydrogen-bond donors (Lipinski definition) is 2. The van der Waals surface area contributed by atoms with Gasteiger partial charge >= 0.3 is 6.03 Å². The zero-order valence-corrected chi connectivity index (χ0v) is 15.2. The maximum absolute atomic E-state index is 12.3. The van der Waals surface area contributed by atoms with Gasteiger partial charge in [0.05, 0.1) is 0 Å². The minimum atomic E-state index is -0.0649. The van der Waals surface area contributed by atoms with Crippen LogP contribution in [0.2, 0.25) is 0 Å². The Balaban J connectivity index is 1.85. The van der Waals surface area contributed by atoms with Gasteiger partial charge in [-0.3, -0.25) is 4.79 Å². The molecule has 0 aliphatic carbocycles. The van der Waals surface area contributed by atoms with Crippen LogP contribution in [-0.2, 0) is 16.8 Å². The largest absolute Gasteiger partial charge is 0.352 e. The zero-order valence-electron chi connectivity index (χ0n) is 15.2. The first-order chi connectivity index (χ1) is 11.3. The molecule has 1 saturated heterocycles. The van der Waals surface area contributed by atoms with Gasteiger partial charge in [-0.25, -0.2) is 4.79 Å². The highest BCUT2D eigenvalue weighted by molar-refractivity contribution is 5.75. The van der Waals surface area contributed by atoms with Crippen LogP contribution < -0.4 is 10.6 Å². The van der Waals surface area contributed by atoms with Gasteiger partial charge in [0.25, 0.3) is 0 Å². The van der Waals surface area contributed by atoms with Crippen LogP contribution in [0.1, 0.15) is 51.7 Å². The van der Waals surface area contributed by atoms with Gasteiger partial charge in [-0.15, -0.1) is 0 Å². The summed E-state index contributed by atoms with van der Waals surface area (Å²) in [6, 6.07) is 8.37. The molecule has 1 heterocycles. The molecule has 132 valence electrons. The molecule has 0 bridgehead atoms. The fourth-order valence-electron chi connectivity index (χ4n) is 2.98. The van der Waals surface area contributed by atoms with Crippen molar-refractivity contribution in [3.63, 3.8) is 0 Å². The van der Waals surface area contributed by atoms with Crippen molar-refractivity contribution in [2.45, 2.75) is 58.5 Å². The number of rotatable bonds is 3. The first-order valence-corrected chi connectivity index (χ1v) is 8.65. The van der Waals surface area contributed by atoms with Crippen molar-refractivity contribution in [1.82, 2.24) is 15.5 Å². The third-order valence-electron chi connectivity index (χ3n) is 4.38. The summed E-state index contributed by atoms with van der Waals surface area (Å²) in [5.74, 6) is -0.0406. The van der Waals surface area contributed by atoms with Crippen molar-refractivity contribution in [3.05, 3.63) is 35.4 Å². The number of hydrogen-bond acceptors (Lipinski definition) is 2. The second-order valence-corrected chi connectivity index (χ2v) is 7.59. The maximum Gasteiger partial charge on any atom is 0.317 e. The Morgan fingerprint density at radius 3 is 2.46 bits per heavy atom. The lowest BCUT2D eigenvalue weighted by Crippen LogP contribution is -2.51. The van der Waals surface area contributed by atoms with E-state index in [1.54, 1.807) is 4.90 Å². The number of piperidine rings is 1. The molecular weight excluding hydrogens is 302 g/mol. The molecule has 0 radical (unpaired) electrons. The molecule has 0 aromatic heterocycles. The lowest BCUT2D eigenvalue weighted by atomic mass is 9.87. The summed E-state index contributed by atoms with van der Waals surface area (Å²) in [5.41, 5.74) is 2.51. The Morgan fingerprint density at radius 2 is 1.88 bits per heavy atom. The fourth-order valence-corrected chi connectivity index (χ4v) is 2.98. The Morgan fingerprint density at radius 1 is 1.21 bits per heavy atom. The van der Waals surface area contributed by atoms with Gasteiger partial charge in [0, 0.05) is 32.6 Å². The standard InChI is InChI=1S/C19H29N3O2/c1-14(23)21-17-6-5-11-22(13-17)18(24)20-12-15-7-9-16(10-8-15)19(2,3)4/h7-10,17H,5-6,11-13H2,1-4H3,(H,20,24)(H,21,23)/t17-/m0/s1. The van der Waals surface area contributed by atoms with Crippen molar-refractivity contribution in [1.29, 1.82) is 0 Å². The van der Waals surface area contributed by atoms with E-state index in [0.29, 0.717) is 13.1 Å². The molecule has 1 atom stereocenters. The van der Waals surface area contributed by atoms with Gasteiger partial charge in [-0.05, 0) is 29.4 Å². The van der Waals surface area contributed by atoms with E-state index in [9.17, 15) is 9.59 Å². The summed E-state index contributed by atoms with van der Waals surface area (Å²) < 4.78 is 0. The second-order valence-electron chi connectivity index (χ2n) is 7.59. The summed E-state index contributed by atoms with van der Waals surface area (Å²) in [6.45, 7) is 9.91. The lowest BCUT2D eigenvalue weighted by Gasteiger charge is -2.33. The van der Waals surface area contributed by atoms with Crippen LogP contribution in [0.25, 0.3) is 0 Å². The van der Waals surface area contributed by atoms with Crippen LogP contribution in [0.3, 0.4) is 0 Å². The lowest BCUT2D eigenvalue weighted by molar-refractivity contribution is -0.119. The predicted octanol–water partition coefficient (Wildman–Crippen LogP) is 2.79. The smallest absolute Gasteiger partial charge is 0.317 e. The Kier molecular flexibility index (Phi) is 5.86. The molecule has 0 unspecified atom stereocenters. The summed E-state index contributed by atoms with van der Waals surface area (Å²) in [7, 11) is 0. The second kappa shape index (κ2) is 7.69. The Hall–Kier alpha value is -2.04. The van der Waals surface area contributed by atoms with Gasteiger partial charge in [0.2, 0.25) is 5.91 Å². The highest BCUT2D eigenvalue weighted by Crippen LogP contribution is 2.22. The van der Waals surface area contributed by atoms with Crippen LogP contribution in [0.4, 0.5) is 4.79 Å². The first-order valence-electron chi connectivity index (χ1n) is 8.65. The number of carbonyl (C=O) groups is 2. The highest BCUT2D eigenvalue weighted by Gasteiger charge is 2.23. The van der Waals surface area contributed by atoms with E-state index in [-0.39, 0.29) is 23.4 Å². The van der Waals surface area contributed by atoms with Gasteiger partial charge in [0.15, 0.2) is 0 Å².